The van der Waals surface area contributed by atoms with Crippen LogP contribution in [0.1, 0.15) is 6.92 Å². The molecule has 0 saturated heterocycles. The molecule has 2 aromatic carbocycles. The lowest BCUT2D eigenvalue weighted by molar-refractivity contribution is 0.432. The highest BCUT2D eigenvalue weighted by atomic mass is 32.2. The molecular weight excluding hydrogens is 318 g/mol. The van der Waals surface area contributed by atoms with E-state index in [1.807, 2.05) is 13.0 Å². The van der Waals surface area contributed by atoms with Crippen LogP contribution in [0.5, 0.6) is 11.5 Å². The number of nitrogens with one attached hydrogen (secondary N) is 1. The number of ether oxygens (including phenoxy) is 1. The first kappa shape index (κ1) is 15.4. The lowest BCUT2D eigenvalue weighted by Crippen LogP contribution is -1.93. The molecule has 0 saturated carbocycles. The van der Waals surface area contributed by atoms with Gasteiger partial charge in [-0.25, -0.2) is 13.6 Å². The second-order valence-electron chi connectivity index (χ2n) is 4.72. The molecule has 0 amide bonds. The molecule has 1 heterocycles. The number of hydrogen-bond acceptors (Lipinski definition) is 2. The Morgan fingerprint density at radius 2 is 2.04 bits per heavy atom. The highest BCUT2D eigenvalue weighted by Crippen LogP contribution is 2.41. The predicted octanol–water partition coefficient (Wildman–Crippen LogP) is 5.90. The Balaban J connectivity index is 2.10. The molecule has 0 atom stereocenters. The van der Waals surface area contributed by atoms with Gasteiger partial charge in [0.15, 0.2) is 11.6 Å². The number of benzene rings is 2. The largest absolute Gasteiger partial charge is 0.454 e. The molecule has 1 aromatic heterocycles. The number of nitrogens with zero attached hydrogens (tertiary/aromatic N) is 1. The predicted molar refractivity (Wildman–Crippen MR) is 87.4 cm³/mol. The summed E-state index contributed by atoms with van der Waals surface area (Å²) in [4.78, 5) is 6.74. The van der Waals surface area contributed by atoms with Gasteiger partial charge in [-0.2, -0.15) is 0 Å². The number of aromatic amines is 1. The van der Waals surface area contributed by atoms with E-state index in [4.69, 9.17) is 11.3 Å². The van der Waals surface area contributed by atoms with E-state index in [0.717, 1.165) is 17.2 Å². The van der Waals surface area contributed by atoms with Crippen LogP contribution in [0, 0.1) is 18.2 Å². The van der Waals surface area contributed by atoms with Crippen LogP contribution in [0.15, 0.2) is 41.4 Å². The maximum atomic E-state index is 14.4. The molecule has 0 unspecified atom stereocenters. The molecular formula is C17H12F2N2OS. The maximum Gasteiger partial charge on any atom is 0.225 e. The Hall–Kier alpha value is -2.52. The normalized spacial score (nSPS) is 10.7. The fourth-order valence-corrected chi connectivity index (χ4v) is 3.16. The molecule has 3 aromatic rings. The van der Waals surface area contributed by atoms with Crippen molar-refractivity contribution in [2.24, 2.45) is 0 Å². The fraction of sp³-hybridized carbons (Fsp3) is 0.118. The van der Waals surface area contributed by atoms with Crippen molar-refractivity contribution in [2.45, 2.75) is 11.8 Å². The third-order valence-corrected chi connectivity index (χ3v) is 4.25. The van der Waals surface area contributed by atoms with Crippen LogP contribution >= 0.6 is 11.8 Å². The summed E-state index contributed by atoms with van der Waals surface area (Å²) in [7, 11) is 0. The quantitative estimate of drug-likeness (QED) is 0.476. The molecule has 6 heteroatoms. The lowest BCUT2D eigenvalue weighted by atomic mass is 10.2. The molecule has 3 nitrogen and oxygen atoms in total. The van der Waals surface area contributed by atoms with E-state index in [0.29, 0.717) is 10.4 Å². The number of H-pyrrole nitrogens is 1. The SMILES string of the molecule is [C-]#[N+]c1cc(Oc2c(F)cc3[nH]ccc3c2SCC)ccc1F. The topological polar surface area (TPSA) is 29.4 Å². The number of halogens is 2. The summed E-state index contributed by atoms with van der Waals surface area (Å²) in [6, 6.07) is 7.01. The summed E-state index contributed by atoms with van der Waals surface area (Å²) < 4.78 is 33.5. The molecule has 0 fully saturated rings. The molecule has 23 heavy (non-hydrogen) atoms. The summed E-state index contributed by atoms with van der Waals surface area (Å²) in [5.41, 5.74) is 0.530. The minimum Gasteiger partial charge on any atom is -0.454 e. The summed E-state index contributed by atoms with van der Waals surface area (Å²) >= 11 is 1.46. The number of aromatic nitrogens is 1. The van der Waals surface area contributed by atoms with Gasteiger partial charge in [0.05, 0.1) is 11.5 Å². The van der Waals surface area contributed by atoms with E-state index in [1.54, 1.807) is 6.20 Å². The molecule has 3 rings (SSSR count). The van der Waals surface area contributed by atoms with E-state index < -0.39 is 11.6 Å². The Labute approximate surface area is 136 Å². The number of rotatable bonds is 4. The first-order chi connectivity index (χ1) is 11.1. The van der Waals surface area contributed by atoms with Crippen molar-refractivity contribution in [2.75, 3.05) is 5.75 Å². The molecule has 0 radical (unpaired) electrons. The van der Waals surface area contributed by atoms with Gasteiger partial charge in [0, 0.05) is 23.2 Å². The third kappa shape index (κ3) is 2.88. The zero-order valence-corrected chi connectivity index (χ0v) is 13.0. The Kier molecular flexibility index (Phi) is 4.22. The monoisotopic (exact) mass is 330 g/mol. The smallest absolute Gasteiger partial charge is 0.225 e. The average Bonchev–Trinajstić information content (AvgIpc) is 3.00. The summed E-state index contributed by atoms with van der Waals surface area (Å²) in [6.45, 7) is 8.91. The number of thioether (sulfide) groups is 1. The minimum absolute atomic E-state index is 0.0893. The van der Waals surface area contributed by atoms with Crippen molar-refractivity contribution < 1.29 is 13.5 Å². The molecule has 0 bridgehead atoms. The summed E-state index contributed by atoms with van der Waals surface area (Å²) in [5.74, 6) is -0.0751. The first-order valence-corrected chi connectivity index (χ1v) is 7.89. The molecule has 116 valence electrons. The van der Waals surface area contributed by atoms with Gasteiger partial charge in [-0.05, 0) is 30.0 Å². The van der Waals surface area contributed by atoms with Crippen LogP contribution in [0.25, 0.3) is 15.7 Å². The van der Waals surface area contributed by atoms with Gasteiger partial charge >= 0.3 is 0 Å². The van der Waals surface area contributed by atoms with Gasteiger partial charge in [-0.15, -0.1) is 11.8 Å². The van der Waals surface area contributed by atoms with Crippen molar-refractivity contribution in [3.63, 3.8) is 0 Å². The fourth-order valence-electron chi connectivity index (χ4n) is 2.26. The standard InChI is InChI=1S/C17H12F2N2OS/c1-3-23-17-11-6-7-21-14(11)9-13(19)16(17)22-10-4-5-12(18)15(8-10)20-2/h4-9,21H,3H2,1H3. The summed E-state index contributed by atoms with van der Waals surface area (Å²) in [6.07, 6.45) is 1.74. The third-order valence-electron chi connectivity index (χ3n) is 3.26. The number of fused-ring (bicyclic) bond motifs is 1. The van der Waals surface area contributed by atoms with E-state index in [-0.39, 0.29) is 17.2 Å². The van der Waals surface area contributed by atoms with Gasteiger partial charge in [-0.1, -0.05) is 6.92 Å². The number of hydrogen-bond donors (Lipinski definition) is 1. The molecule has 0 aliphatic heterocycles. The molecule has 0 spiro atoms. The van der Waals surface area contributed by atoms with Crippen LogP contribution in [0.2, 0.25) is 0 Å². The van der Waals surface area contributed by atoms with Gasteiger partial charge in [0.2, 0.25) is 5.69 Å². The molecule has 0 aliphatic carbocycles. The van der Waals surface area contributed by atoms with E-state index in [9.17, 15) is 8.78 Å². The Morgan fingerprint density at radius 1 is 1.22 bits per heavy atom. The highest BCUT2D eigenvalue weighted by molar-refractivity contribution is 7.99. The van der Waals surface area contributed by atoms with Crippen molar-refractivity contribution >= 4 is 28.4 Å². The van der Waals surface area contributed by atoms with Crippen molar-refractivity contribution in [3.05, 3.63) is 59.6 Å². The van der Waals surface area contributed by atoms with Gasteiger partial charge < -0.3 is 9.72 Å². The van der Waals surface area contributed by atoms with E-state index in [1.165, 1.54) is 30.0 Å². The second kappa shape index (κ2) is 6.31. The van der Waals surface area contributed by atoms with E-state index in [2.05, 4.69) is 9.83 Å². The minimum atomic E-state index is -0.628. The van der Waals surface area contributed by atoms with Crippen LogP contribution in [0.3, 0.4) is 0 Å². The zero-order valence-electron chi connectivity index (χ0n) is 12.2. The first-order valence-electron chi connectivity index (χ1n) is 6.91. The average molecular weight is 330 g/mol. The van der Waals surface area contributed by atoms with Crippen LogP contribution in [-0.2, 0) is 0 Å². The highest BCUT2D eigenvalue weighted by Gasteiger charge is 2.17. The lowest BCUT2D eigenvalue weighted by Gasteiger charge is -2.13. The van der Waals surface area contributed by atoms with Crippen molar-refractivity contribution in [1.82, 2.24) is 4.98 Å². The Bertz CT molecular complexity index is 915. The van der Waals surface area contributed by atoms with Gasteiger partial charge in [0.25, 0.3) is 0 Å². The summed E-state index contributed by atoms with van der Waals surface area (Å²) in [5, 5.41) is 0.862. The van der Waals surface area contributed by atoms with Gasteiger partial charge in [-0.3, -0.25) is 0 Å². The van der Waals surface area contributed by atoms with Gasteiger partial charge in [0.1, 0.15) is 11.6 Å². The van der Waals surface area contributed by atoms with Crippen molar-refractivity contribution in [1.29, 1.82) is 0 Å². The maximum absolute atomic E-state index is 14.4. The van der Waals surface area contributed by atoms with Crippen molar-refractivity contribution in [3.8, 4) is 11.5 Å². The zero-order chi connectivity index (χ0) is 16.4. The Morgan fingerprint density at radius 3 is 2.78 bits per heavy atom. The second-order valence-corrected chi connectivity index (χ2v) is 5.99. The van der Waals surface area contributed by atoms with E-state index >= 15 is 0 Å². The molecule has 0 aliphatic rings. The van der Waals surface area contributed by atoms with Crippen LogP contribution < -0.4 is 4.74 Å². The molecule has 1 N–H and O–H groups in total. The van der Waals surface area contributed by atoms with Crippen LogP contribution in [-0.4, -0.2) is 10.7 Å². The van der Waals surface area contributed by atoms with Crippen LogP contribution in [0.4, 0.5) is 14.5 Å².